The van der Waals surface area contributed by atoms with Crippen molar-refractivity contribution in [3.05, 3.63) is 39.8 Å². The van der Waals surface area contributed by atoms with Crippen LogP contribution in [0.3, 0.4) is 0 Å². The van der Waals surface area contributed by atoms with Crippen molar-refractivity contribution in [1.82, 2.24) is 14.7 Å². The molecule has 166 valence electrons. The number of fused-ring (bicyclic) bond motifs is 1. The molecule has 1 amide bonds. The van der Waals surface area contributed by atoms with E-state index in [1.54, 1.807) is 24.4 Å². The number of anilines is 2. The number of hydrogen-bond donors (Lipinski definition) is 1. The van der Waals surface area contributed by atoms with Crippen molar-refractivity contribution >= 4 is 28.9 Å². The maximum Gasteiger partial charge on any atom is 0.287 e. The van der Waals surface area contributed by atoms with Crippen LogP contribution in [0.25, 0.3) is 0 Å². The van der Waals surface area contributed by atoms with Gasteiger partial charge in [-0.05, 0) is 26.0 Å². The zero-order chi connectivity index (χ0) is 22.0. The highest BCUT2D eigenvalue weighted by molar-refractivity contribution is 6.33. The van der Waals surface area contributed by atoms with Gasteiger partial charge < -0.3 is 19.7 Å². The summed E-state index contributed by atoms with van der Waals surface area (Å²) in [6.45, 7) is 7.76. The Morgan fingerprint density at radius 1 is 1.16 bits per heavy atom. The van der Waals surface area contributed by atoms with Gasteiger partial charge in [0.2, 0.25) is 5.91 Å². The minimum absolute atomic E-state index is 0.0522. The first-order chi connectivity index (χ1) is 14.9. The van der Waals surface area contributed by atoms with Gasteiger partial charge in [-0.15, -0.1) is 0 Å². The van der Waals surface area contributed by atoms with Crippen LogP contribution in [0.15, 0.2) is 29.2 Å². The third-order valence-corrected chi connectivity index (χ3v) is 5.68. The van der Waals surface area contributed by atoms with E-state index in [4.69, 9.17) is 21.1 Å². The molecule has 1 N–H and O–H groups in total. The van der Waals surface area contributed by atoms with Crippen LogP contribution in [-0.4, -0.2) is 66.5 Å². The van der Waals surface area contributed by atoms with Crippen LogP contribution in [0.4, 0.5) is 11.4 Å². The largest absolute Gasteiger partial charge is 0.486 e. The van der Waals surface area contributed by atoms with E-state index in [9.17, 15) is 9.59 Å². The summed E-state index contributed by atoms with van der Waals surface area (Å²) < 4.78 is 12.4. The fourth-order valence-electron chi connectivity index (χ4n) is 3.70. The van der Waals surface area contributed by atoms with Crippen LogP contribution < -0.4 is 25.2 Å². The van der Waals surface area contributed by atoms with E-state index in [2.05, 4.69) is 15.3 Å². The van der Waals surface area contributed by atoms with E-state index < -0.39 is 0 Å². The number of nitrogens with zero attached hydrogens (tertiary/aromatic N) is 4. The van der Waals surface area contributed by atoms with Gasteiger partial charge in [0.05, 0.1) is 24.5 Å². The first-order valence-corrected chi connectivity index (χ1v) is 10.7. The average Bonchev–Trinajstić information content (AvgIpc) is 2.76. The number of piperazine rings is 1. The number of carbonyl (C=O) groups excluding carboxylic acids is 1. The van der Waals surface area contributed by atoms with Gasteiger partial charge >= 0.3 is 0 Å². The Bertz CT molecular complexity index is 1020. The third kappa shape index (κ3) is 4.77. The van der Waals surface area contributed by atoms with Gasteiger partial charge in [-0.3, -0.25) is 14.5 Å². The number of hydrogen-bond acceptors (Lipinski definition) is 7. The second-order valence-corrected chi connectivity index (χ2v) is 8.24. The third-order valence-electron chi connectivity index (χ3n) is 5.32. The van der Waals surface area contributed by atoms with Crippen molar-refractivity contribution in [3.8, 4) is 11.5 Å². The topological polar surface area (TPSA) is 88.9 Å². The SMILES string of the molecule is CC(C)n1ncc(N2CCN(CC(=O)Nc3ccc4c(c3)OCCO4)CC2)c(Cl)c1=O. The van der Waals surface area contributed by atoms with Gasteiger partial charge in [-0.1, -0.05) is 11.6 Å². The van der Waals surface area contributed by atoms with E-state index in [-0.39, 0.29) is 29.1 Å². The molecule has 2 aliphatic rings. The van der Waals surface area contributed by atoms with Crippen LogP contribution in [0.2, 0.25) is 5.02 Å². The quantitative estimate of drug-likeness (QED) is 0.749. The second-order valence-electron chi connectivity index (χ2n) is 7.86. The van der Waals surface area contributed by atoms with Crippen molar-refractivity contribution in [2.45, 2.75) is 19.9 Å². The molecule has 31 heavy (non-hydrogen) atoms. The molecule has 0 spiro atoms. The smallest absolute Gasteiger partial charge is 0.287 e. The lowest BCUT2D eigenvalue weighted by atomic mass is 10.2. The Morgan fingerprint density at radius 2 is 1.87 bits per heavy atom. The molecule has 0 bridgehead atoms. The first-order valence-electron chi connectivity index (χ1n) is 10.4. The monoisotopic (exact) mass is 447 g/mol. The molecule has 1 aromatic heterocycles. The molecule has 0 saturated carbocycles. The Morgan fingerprint density at radius 3 is 2.58 bits per heavy atom. The van der Waals surface area contributed by atoms with Gasteiger partial charge in [-0.2, -0.15) is 5.10 Å². The van der Waals surface area contributed by atoms with Crippen LogP contribution in [-0.2, 0) is 4.79 Å². The van der Waals surface area contributed by atoms with Gasteiger partial charge in [0.25, 0.3) is 5.56 Å². The second kappa shape index (κ2) is 9.15. The summed E-state index contributed by atoms with van der Waals surface area (Å²) >= 11 is 6.33. The summed E-state index contributed by atoms with van der Waals surface area (Å²) in [4.78, 5) is 29.0. The van der Waals surface area contributed by atoms with Crippen molar-refractivity contribution < 1.29 is 14.3 Å². The number of halogens is 1. The van der Waals surface area contributed by atoms with E-state index in [0.29, 0.717) is 62.3 Å². The predicted molar refractivity (Wildman–Crippen MR) is 119 cm³/mol. The minimum Gasteiger partial charge on any atom is -0.486 e. The molecule has 1 saturated heterocycles. The molecule has 1 aromatic carbocycles. The number of benzene rings is 1. The zero-order valence-corrected chi connectivity index (χ0v) is 18.4. The molecular formula is C21H26ClN5O4. The predicted octanol–water partition coefficient (Wildman–Crippen LogP) is 2.01. The molecule has 3 heterocycles. The lowest BCUT2D eigenvalue weighted by Crippen LogP contribution is -2.49. The Hall–Kier alpha value is -2.78. The van der Waals surface area contributed by atoms with E-state index in [0.717, 1.165) is 0 Å². The molecule has 9 nitrogen and oxygen atoms in total. The summed E-state index contributed by atoms with van der Waals surface area (Å²) in [6.07, 6.45) is 1.65. The van der Waals surface area contributed by atoms with Gasteiger partial charge in [-0.25, -0.2) is 4.68 Å². The standard InChI is InChI=1S/C21H26ClN5O4/c1-14(2)27-21(29)20(22)16(12-23-27)26-7-5-25(6-8-26)13-19(28)24-15-3-4-17-18(11-15)31-10-9-30-17/h3-4,11-12,14H,5-10,13H2,1-2H3,(H,24,28). The number of aromatic nitrogens is 2. The van der Waals surface area contributed by atoms with Crippen molar-refractivity contribution in [2.24, 2.45) is 0 Å². The Balaban J connectivity index is 1.32. The van der Waals surface area contributed by atoms with Crippen molar-refractivity contribution in [2.75, 3.05) is 56.2 Å². The van der Waals surface area contributed by atoms with Crippen LogP contribution >= 0.6 is 11.6 Å². The number of nitrogens with one attached hydrogen (secondary N) is 1. The van der Waals surface area contributed by atoms with E-state index >= 15 is 0 Å². The highest BCUT2D eigenvalue weighted by Gasteiger charge is 2.23. The normalized spacial score (nSPS) is 16.5. The van der Waals surface area contributed by atoms with E-state index in [1.807, 2.05) is 18.7 Å². The van der Waals surface area contributed by atoms with Gasteiger partial charge in [0, 0.05) is 37.9 Å². The van der Waals surface area contributed by atoms with Gasteiger partial charge in [0.15, 0.2) is 11.5 Å². The number of amides is 1. The molecule has 2 aliphatic heterocycles. The zero-order valence-electron chi connectivity index (χ0n) is 17.6. The summed E-state index contributed by atoms with van der Waals surface area (Å²) in [7, 11) is 0. The molecule has 0 radical (unpaired) electrons. The Kier molecular flexibility index (Phi) is 6.33. The van der Waals surface area contributed by atoms with Crippen LogP contribution in [0, 0.1) is 0 Å². The van der Waals surface area contributed by atoms with E-state index in [1.165, 1.54) is 4.68 Å². The highest BCUT2D eigenvalue weighted by atomic mass is 35.5. The number of rotatable bonds is 5. The molecule has 0 aliphatic carbocycles. The average molecular weight is 448 g/mol. The van der Waals surface area contributed by atoms with Crippen LogP contribution in [0.5, 0.6) is 11.5 Å². The van der Waals surface area contributed by atoms with Gasteiger partial charge in [0.1, 0.15) is 18.2 Å². The molecular weight excluding hydrogens is 422 g/mol. The fourth-order valence-corrected chi connectivity index (χ4v) is 3.95. The lowest BCUT2D eigenvalue weighted by molar-refractivity contribution is -0.117. The summed E-state index contributed by atoms with van der Waals surface area (Å²) in [5, 5.41) is 7.34. The molecule has 0 unspecified atom stereocenters. The molecule has 0 atom stereocenters. The maximum absolute atomic E-state index is 12.5. The fraction of sp³-hybridized carbons (Fsp3) is 0.476. The number of ether oxygens (including phenoxy) is 2. The van der Waals surface area contributed by atoms with Crippen LogP contribution in [0.1, 0.15) is 19.9 Å². The Labute approximate surface area is 185 Å². The summed E-state index contributed by atoms with van der Waals surface area (Å²) in [6, 6.07) is 5.33. The highest BCUT2D eigenvalue weighted by Crippen LogP contribution is 2.32. The molecule has 1 fully saturated rings. The van der Waals surface area contributed by atoms with Crippen molar-refractivity contribution in [3.63, 3.8) is 0 Å². The lowest BCUT2D eigenvalue weighted by Gasteiger charge is -2.35. The molecule has 2 aromatic rings. The molecule has 4 rings (SSSR count). The molecule has 10 heteroatoms. The number of carbonyl (C=O) groups is 1. The summed E-state index contributed by atoms with van der Waals surface area (Å²) in [5.74, 6) is 1.24. The maximum atomic E-state index is 12.5. The first kappa shape index (κ1) is 21.5. The summed E-state index contributed by atoms with van der Waals surface area (Å²) in [5.41, 5.74) is 1.04. The minimum atomic E-state index is -0.282. The van der Waals surface area contributed by atoms with Crippen molar-refractivity contribution in [1.29, 1.82) is 0 Å².